The fourth-order valence-corrected chi connectivity index (χ4v) is 3.31. The lowest BCUT2D eigenvalue weighted by Gasteiger charge is -2.15. The van der Waals surface area contributed by atoms with Crippen molar-refractivity contribution in [3.05, 3.63) is 28.5 Å². The van der Waals surface area contributed by atoms with Crippen LogP contribution < -0.4 is 5.32 Å². The molecule has 1 N–H and O–H groups in total. The van der Waals surface area contributed by atoms with Gasteiger partial charge in [0.25, 0.3) is 5.78 Å². The summed E-state index contributed by atoms with van der Waals surface area (Å²) in [5, 5.41) is 8.67. The first-order valence-corrected chi connectivity index (χ1v) is 7.59. The standard InChI is InChI=1S/C10H10ClN5O2S/c1-6-8(11)15-10-12-5-13-16(10)9(6)14-7-2-3-19(17,18)4-7/h2-3,5,7,14H,4H2,1H3. The van der Waals surface area contributed by atoms with Crippen molar-refractivity contribution in [1.82, 2.24) is 19.6 Å². The van der Waals surface area contributed by atoms with Crippen molar-refractivity contribution >= 4 is 33.0 Å². The number of fused-ring (bicyclic) bond motifs is 1. The molecule has 3 heterocycles. The average Bonchev–Trinajstić information content (AvgIpc) is 2.91. The Bertz CT molecular complexity index is 783. The fourth-order valence-electron chi connectivity index (χ4n) is 1.91. The maximum atomic E-state index is 11.4. The molecule has 9 heteroatoms. The van der Waals surface area contributed by atoms with Gasteiger partial charge in [-0.1, -0.05) is 11.6 Å². The van der Waals surface area contributed by atoms with Crippen LogP contribution in [0.3, 0.4) is 0 Å². The second-order valence-corrected chi connectivity index (χ2v) is 6.55. The highest BCUT2D eigenvalue weighted by Crippen LogP contribution is 2.24. The number of nitrogens with zero attached hydrogens (tertiary/aromatic N) is 4. The summed E-state index contributed by atoms with van der Waals surface area (Å²) in [6, 6.07) is -0.311. The highest BCUT2D eigenvalue weighted by atomic mass is 35.5. The minimum Gasteiger partial charge on any atom is -0.362 e. The molecule has 1 atom stereocenters. The fraction of sp³-hybridized carbons (Fsp3) is 0.300. The predicted molar refractivity (Wildman–Crippen MR) is 70.9 cm³/mol. The SMILES string of the molecule is Cc1c(Cl)nc2ncnn2c1NC1C=CS(=O)(=O)C1. The van der Waals surface area contributed by atoms with Crippen LogP contribution in [0.1, 0.15) is 5.56 Å². The molecule has 0 spiro atoms. The highest BCUT2D eigenvalue weighted by Gasteiger charge is 2.23. The van der Waals surface area contributed by atoms with E-state index in [-0.39, 0.29) is 11.8 Å². The van der Waals surface area contributed by atoms with Gasteiger partial charge < -0.3 is 5.32 Å². The van der Waals surface area contributed by atoms with E-state index in [0.717, 1.165) is 0 Å². The van der Waals surface area contributed by atoms with E-state index in [1.54, 1.807) is 13.0 Å². The smallest absolute Gasteiger partial charge is 0.255 e. The first kappa shape index (κ1) is 12.4. The van der Waals surface area contributed by atoms with Crippen LogP contribution in [0.5, 0.6) is 0 Å². The Kier molecular flexibility index (Phi) is 2.72. The third-order valence-electron chi connectivity index (χ3n) is 2.86. The quantitative estimate of drug-likeness (QED) is 0.825. The minimum atomic E-state index is -3.12. The molecule has 0 aliphatic carbocycles. The summed E-state index contributed by atoms with van der Waals surface area (Å²) in [6.45, 7) is 1.78. The van der Waals surface area contributed by atoms with Crippen LogP contribution in [0.2, 0.25) is 5.15 Å². The predicted octanol–water partition coefficient (Wildman–Crippen LogP) is 0.809. The van der Waals surface area contributed by atoms with E-state index >= 15 is 0 Å². The Labute approximate surface area is 114 Å². The maximum absolute atomic E-state index is 11.4. The summed E-state index contributed by atoms with van der Waals surface area (Å²) in [7, 11) is -3.12. The van der Waals surface area contributed by atoms with Gasteiger partial charge in [0.1, 0.15) is 17.3 Å². The van der Waals surface area contributed by atoms with E-state index in [9.17, 15) is 8.42 Å². The molecule has 0 radical (unpaired) electrons. The summed E-state index contributed by atoms with van der Waals surface area (Å²) >= 11 is 6.02. The van der Waals surface area contributed by atoms with Gasteiger partial charge in [0.2, 0.25) is 0 Å². The Hall–Kier alpha value is -1.67. The summed E-state index contributed by atoms with van der Waals surface area (Å²) in [4.78, 5) is 8.04. The van der Waals surface area contributed by atoms with Gasteiger partial charge in [-0.2, -0.15) is 19.6 Å². The van der Waals surface area contributed by atoms with E-state index in [0.29, 0.717) is 22.3 Å². The minimum absolute atomic E-state index is 0.0164. The highest BCUT2D eigenvalue weighted by molar-refractivity contribution is 7.94. The molecule has 1 aliphatic heterocycles. The molecule has 0 aromatic carbocycles. The molecule has 7 nitrogen and oxygen atoms in total. The van der Waals surface area contributed by atoms with Crippen LogP contribution in [-0.4, -0.2) is 39.8 Å². The molecular formula is C10H10ClN5O2S. The molecule has 1 unspecified atom stereocenters. The topological polar surface area (TPSA) is 89.2 Å². The number of nitrogens with one attached hydrogen (secondary N) is 1. The van der Waals surface area contributed by atoms with Crippen LogP contribution in [0, 0.1) is 6.92 Å². The second-order valence-electron chi connectivity index (χ2n) is 4.26. The van der Waals surface area contributed by atoms with Crippen LogP contribution in [0.15, 0.2) is 17.8 Å². The third-order valence-corrected chi connectivity index (χ3v) is 4.62. The summed E-state index contributed by atoms with van der Waals surface area (Å²) < 4.78 is 24.3. The lowest BCUT2D eigenvalue weighted by Crippen LogP contribution is -2.23. The monoisotopic (exact) mass is 299 g/mol. The number of hydrogen-bond donors (Lipinski definition) is 1. The number of hydrogen-bond acceptors (Lipinski definition) is 6. The molecule has 2 aromatic rings. The van der Waals surface area contributed by atoms with E-state index in [1.165, 1.54) is 16.3 Å². The van der Waals surface area contributed by atoms with Crippen molar-refractivity contribution in [2.75, 3.05) is 11.1 Å². The Morgan fingerprint density at radius 1 is 1.53 bits per heavy atom. The zero-order valence-electron chi connectivity index (χ0n) is 9.91. The van der Waals surface area contributed by atoms with Crippen molar-refractivity contribution < 1.29 is 8.42 Å². The molecule has 1 aliphatic rings. The van der Waals surface area contributed by atoms with Crippen LogP contribution >= 0.6 is 11.6 Å². The summed E-state index contributed by atoms with van der Waals surface area (Å²) in [5.74, 6) is 0.977. The molecule has 2 aromatic heterocycles. The molecule has 0 fully saturated rings. The van der Waals surface area contributed by atoms with Crippen molar-refractivity contribution in [1.29, 1.82) is 0 Å². The average molecular weight is 300 g/mol. The first-order valence-electron chi connectivity index (χ1n) is 5.49. The lowest BCUT2D eigenvalue weighted by molar-refractivity contribution is 0.605. The second kappa shape index (κ2) is 4.17. The van der Waals surface area contributed by atoms with Gasteiger partial charge in [-0.05, 0) is 13.0 Å². The van der Waals surface area contributed by atoms with Crippen molar-refractivity contribution in [3.8, 4) is 0 Å². The van der Waals surface area contributed by atoms with E-state index < -0.39 is 9.84 Å². The lowest BCUT2D eigenvalue weighted by atomic mass is 10.3. The van der Waals surface area contributed by atoms with Gasteiger partial charge in [0, 0.05) is 11.0 Å². The molecule has 0 saturated carbocycles. The number of rotatable bonds is 2. The first-order chi connectivity index (χ1) is 8.96. The molecule has 100 valence electrons. The number of sulfone groups is 1. The van der Waals surface area contributed by atoms with Gasteiger partial charge >= 0.3 is 0 Å². The molecule has 0 bridgehead atoms. The molecule has 3 rings (SSSR count). The van der Waals surface area contributed by atoms with Crippen LogP contribution in [-0.2, 0) is 9.84 Å². The van der Waals surface area contributed by atoms with Gasteiger partial charge in [-0.3, -0.25) is 0 Å². The Balaban J connectivity index is 2.03. The van der Waals surface area contributed by atoms with Crippen LogP contribution in [0.4, 0.5) is 5.82 Å². The maximum Gasteiger partial charge on any atom is 0.255 e. The zero-order chi connectivity index (χ0) is 13.6. The van der Waals surface area contributed by atoms with Crippen molar-refractivity contribution in [2.45, 2.75) is 13.0 Å². The Morgan fingerprint density at radius 2 is 2.32 bits per heavy atom. The normalized spacial score (nSPS) is 21.1. The number of aromatic nitrogens is 4. The van der Waals surface area contributed by atoms with Crippen LogP contribution in [0.25, 0.3) is 5.78 Å². The number of anilines is 1. The van der Waals surface area contributed by atoms with E-state index in [2.05, 4.69) is 20.4 Å². The summed E-state index contributed by atoms with van der Waals surface area (Å²) in [6.07, 6.45) is 2.97. The largest absolute Gasteiger partial charge is 0.362 e. The molecule has 19 heavy (non-hydrogen) atoms. The van der Waals surface area contributed by atoms with Gasteiger partial charge in [0.15, 0.2) is 9.84 Å². The van der Waals surface area contributed by atoms with Crippen molar-refractivity contribution in [3.63, 3.8) is 0 Å². The number of halogens is 1. The third kappa shape index (κ3) is 2.17. The van der Waals surface area contributed by atoms with E-state index in [1.807, 2.05) is 0 Å². The van der Waals surface area contributed by atoms with Gasteiger partial charge in [-0.25, -0.2) is 8.42 Å². The molecule has 0 saturated heterocycles. The van der Waals surface area contributed by atoms with Gasteiger partial charge in [-0.15, -0.1) is 0 Å². The van der Waals surface area contributed by atoms with E-state index in [4.69, 9.17) is 11.6 Å². The van der Waals surface area contributed by atoms with Crippen molar-refractivity contribution in [2.24, 2.45) is 0 Å². The summed E-state index contributed by atoms with van der Waals surface area (Å²) in [5.41, 5.74) is 0.692. The Morgan fingerprint density at radius 3 is 3.00 bits per heavy atom. The van der Waals surface area contributed by atoms with Gasteiger partial charge in [0.05, 0.1) is 11.8 Å². The molecular weight excluding hydrogens is 290 g/mol. The molecule has 0 amide bonds. The zero-order valence-corrected chi connectivity index (χ0v) is 11.5.